The maximum Gasteiger partial charge on any atom is 0.509 e. The molecule has 1 aliphatic rings. The first-order valence-electron chi connectivity index (χ1n) is 5.24. The highest BCUT2D eigenvalue weighted by Gasteiger charge is 2.38. The van der Waals surface area contributed by atoms with Gasteiger partial charge in [0.05, 0.1) is 7.11 Å². The summed E-state index contributed by atoms with van der Waals surface area (Å²) in [5.41, 5.74) is -1.15. The molecule has 1 aliphatic heterocycles. The van der Waals surface area contributed by atoms with Gasteiger partial charge in [0.1, 0.15) is 0 Å². The number of hydrogen-bond donors (Lipinski definition) is 1. The van der Waals surface area contributed by atoms with Crippen LogP contribution in [0, 0.1) is 11.8 Å². The number of amides is 1. The minimum Gasteiger partial charge on any atom is -0.465 e. The Morgan fingerprint density at radius 2 is 2.00 bits per heavy atom. The highest BCUT2D eigenvalue weighted by molar-refractivity contribution is 5.73. The van der Waals surface area contributed by atoms with Gasteiger partial charge in [0.25, 0.3) is 0 Å². The lowest BCUT2D eigenvalue weighted by Gasteiger charge is -2.36. The number of ether oxygens (including phenoxy) is 2. The average molecular weight is 255 g/mol. The van der Waals surface area contributed by atoms with E-state index in [1.165, 1.54) is 4.90 Å². The molecule has 1 amide bonds. The number of rotatable bonds is 1. The lowest BCUT2D eigenvalue weighted by atomic mass is 9.92. The quantitative estimate of drug-likeness (QED) is 0.416. The van der Waals surface area contributed by atoms with Crippen molar-refractivity contribution in [1.82, 2.24) is 4.90 Å². The topological polar surface area (TPSA) is 93.1 Å². The summed E-state index contributed by atoms with van der Waals surface area (Å²) in [6.07, 6.45) is -1.14. The van der Waals surface area contributed by atoms with Crippen LogP contribution >= 0.6 is 0 Å². The summed E-state index contributed by atoms with van der Waals surface area (Å²) < 4.78 is 9.43. The Hall–Kier alpha value is -2.23. The molecule has 7 heteroatoms. The predicted octanol–water partition coefficient (Wildman–Crippen LogP) is 0.484. The third-order valence-corrected chi connectivity index (χ3v) is 2.65. The summed E-state index contributed by atoms with van der Waals surface area (Å²) in [5.74, 6) is 4.75. The summed E-state index contributed by atoms with van der Waals surface area (Å²) in [6.45, 7) is 0.361. The van der Waals surface area contributed by atoms with E-state index in [9.17, 15) is 14.4 Å². The fourth-order valence-corrected chi connectivity index (χ4v) is 1.67. The van der Waals surface area contributed by atoms with E-state index in [0.29, 0.717) is 6.29 Å². The first kappa shape index (κ1) is 13.8. The Morgan fingerprint density at radius 3 is 2.44 bits per heavy atom. The Labute approximate surface area is 104 Å². The van der Waals surface area contributed by atoms with E-state index in [4.69, 9.17) is 9.84 Å². The number of aldehydes is 1. The number of hydrogen-bond acceptors (Lipinski definition) is 5. The number of likely N-dealkylation sites (tertiary alicyclic amines) is 1. The van der Waals surface area contributed by atoms with Crippen LogP contribution in [0.4, 0.5) is 9.59 Å². The van der Waals surface area contributed by atoms with Gasteiger partial charge in [-0.05, 0) is 11.8 Å². The molecule has 0 saturated carbocycles. The van der Waals surface area contributed by atoms with Crippen LogP contribution < -0.4 is 0 Å². The van der Waals surface area contributed by atoms with Crippen molar-refractivity contribution in [2.24, 2.45) is 0 Å². The molecule has 7 nitrogen and oxygen atoms in total. The summed E-state index contributed by atoms with van der Waals surface area (Å²) in [5, 5.41) is 8.81. The Balaban J connectivity index is 2.79. The van der Waals surface area contributed by atoms with Crippen molar-refractivity contribution in [1.29, 1.82) is 0 Å². The second-order valence-electron chi connectivity index (χ2n) is 3.71. The maximum absolute atomic E-state index is 11.1. The zero-order valence-corrected chi connectivity index (χ0v) is 9.84. The molecule has 1 heterocycles. The number of piperidine rings is 1. The number of carbonyl (C=O) groups is 3. The largest absolute Gasteiger partial charge is 0.509 e. The minimum absolute atomic E-state index is 0.180. The van der Waals surface area contributed by atoms with E-state index in [0.717, 1.165) is 7.11 Å². The smallest absolute Gasteiger partial charge is 0.465 e. The fraction of sp³-hybridized carbons (Fsp3) is 0.545. The number of carboxylic acid groups (broad SMARTS) is 1. The molecule has 0 aliphatic carbocycles. The number of nitrogens with zero attached hydrogens (tertiary/aromatic N) is 1. The highest BCUT2D eigenvalue weighted by atomic mass is 16.7. The lowest BCUT2D eigenvalue weighted by Crippen LogP contribution is -2.48. The monoisotopic (exact) mass is 255 g/mol. The Kier molecular flexibility index (Phi) is 4.54. The molecule has 0 aromatic carbocycles. The van der Waals surface area contributed by atoms with E-state index in [1.54, 1.807) is 0 Å². The van der Waals surface area contributed by atoms with E-state index in [-0.39, 0.29) is 25.9 Å². The van der Waals surface area contributed by atoms with Gasteiger partial charge in [-0.25, -0.2) is 9.59 Å². The van der Waals surface area contributed by atoms with Gasteiger partial charge in [0.15, 0.2) is 11.9 Å². The molecule has 0 aromatic heterocycles. The van der Waals surface area contributed by atoms with Crippen LogP contribution in [0.2, 0.25) is 0 Å². The molecular weight excluding hydrogens is 242 g/mol. The first-order valence-corrected chi connectivity index (χ1v) is 5.24. The average Bonchev–Trinajstić information content (AvgIpc) is 2.37. The first-order chi connectivity index (χ1) is 8.53. The minimum atomic E-state index is -1.15. The van der Waals surface area contributed by atoms with Crippen LogP contribution in [-0.2, 0) is 14.3 Å². The van der Waals surface area contributed by atoms with Gasteiger partial charge < -0.3 is 19.5 Å². The zero-order chi connectivity index (χ0) is 13.6. The second kappa shape index (κ2) is 5.91. The molecule has 1 saturated heterocycles. The van der Waals surface area contributed by atoms with Crippen LogP contribution in [0.15, 0.2) is 0 Å². The van der Waals surface area contributed by atoms with Gasteiger partial charge >= 0.3 is 12.2 Å². The van der Waals surface area contributed by atoms with Gasteiger partial charge in [0.2, 0.25) is 0 Å². The predicted molar refractivity (Wildman–Crippen MR) is 58.9 cm³/mol. The van der Waals surface area contributed by atoms with Crippen molar-refractivity contribution in [3.63, 3.8) is 0 Å². The fourth-order valence-electron chi connectivity index (χ4n) is 1.67. The zero-order valence-electron chi connectivity index (χ0n) is 9.84. The van der Waals surface area contributed by atoms with Crippen LogP contribution in [0.25, 0.3) is 0 Å². The third kappa shape index (κ3) is 3.38. The number of methoxy groups -OCH3 is 1. The summed E-state index contributed by atoms with van der Waals surface area (Å²) in [6, 6.07) is 0. The van der Waals surface area contributed by atoms with E-state index in [2.05, 4.69) is 16.6 Å². The van der Waals surface area contributed by atoms with Gasteiger partial charge in [-0.15, -0.1) is 0 Å². The van der Waals surface area contributed by atoms with Crippen molar-refractivity contribution >= 4 is 18.5 Å². The van der Waals surface area contributed by atoms with Gasteiger partial charge in [-0.2, -0.15) is 0 Å². The summed E-state index contributed by atoms with van der Waals surface area (Å²) in [7, 11) is 1.16. The molecule has 0 radical (unpaired) electrons. The molecule has 0 aromatic rings. The molecule has 0 atom stereocenters. The normalized spacial score (nSPS) is 17.1. The molecule has 0 spiro atoms. The lowest BCUT2D eigenvalue weighted by molar-refractivity contribution is -0.103. The molecule has 1 fully saturated rings. The van der Waals surface area contributed by atoms with Crippen molar-refractivity contribution in [2.45, 2.75) is 18.4 Å². The van der Waals surface area contributed by atoms with Crippen molar-refractivity contribution in [3.8, 4) is 11.8 Å². The Morgan fingerprint density at radius 1 is 1.39 bits per heavy atom. The number of carbonyl (C=O) groups excluding carboxylic acids is 2. The third-order valence-electron chi connectivity index (χ3n) is 2.65. The molecule has 0 unspecified atom stereocenters. The maximum atomic E-state index is 11.1. The van der Waals surface area contributed by atoms with Crippen molar-refractivity contribution in [3.05, 3.63) is 0 Å². The van der Waals surface area contributed by atoms with E-state index >= 15 is 0 Å². The van der Waals surface area contributed by atoms with Crippen LogP contribution in [-0.4, -0.2) is 54.3 Å². The van der Waals surface area contributed by atoms with Crippen LogP contribution in [0.5, 0.6) is 0 Å². The molecule has 98 valence electrons. The van der Waals surface area contributed by atoms with Crippen LogP contribution in [0.1, 0.15) is 12.8 Å². The van der Waals surface area contributed by atoms with E-state index in [1.807, 2.05) is 0 Å². The molecule has 0 bridgehead atoms. The molecule has 1 rings (SSSR count). The molecular formula is C11H13NO6. The SMILES string of the molecule is COC(=O)OC1(C#CC=O)CCN(C(=O)O)CC1. The highest BCUT2D eigenvalue weighted by Crippen LogP contribution is 2.26. The Bertz CT molecular complexity index is 399. The van der Waals surface area contributed by atoms with E-state index < -0.39 is 17.8 Å². The summed E-state index contributed by atoms with van der Waals surface area (Å²) in [4.78, 5) is 33.4. The standard InChI is InChI=1S/C11H13NO6/c1-17-10(16)18-11(3-2-8-13)4-6-12(7-5-11)9(14)15/h8H,4-7H2,1H3,(H,14,15). The van der Waals surface area contributed by atoms with Crippen LogP contribution in [0.3, 0.4) is 0 Å². The van der Waals surface area contributed by atoms with Crippen molar-refractivity contribution in [2.75, 3.05) is 20.2 Å². The summed E-state index contributed by atoms with van der Waals surface area (Å²) >= 11 is 0. The van der Waals surface area contributed by atoms with Crippen molar-refractivity contribution < 1.29 is 29.0 Å². The van der Waals surface area contributed by atoms with Gasteiger partial charge in [-0.3, -0.25) is 4.79 Å². The second-order valence-corrected chi connectivity index (χ2v) is 3.71. The molecule has 1 N–H and O–H groups in total. The molecule has 18 heavy (non-hydrogen) atoms. The van der Waals surface area contributed by atoms with Gasteiger partial charge in [-0.1, -0.05) is 0 Å². The van der Waals surface area contributed by atoms with Gasteiger partial charge in [0, 0.05) is 25.9 Å².